The van der Waals surface area contributed by atoms with Crippen LogP contribution in [0.3, 0.4) is 0 Å². The first kappa shape index (κ1) is 20.4. The molecule has 1 N–H and O–H groups in total. The van der Waals surface area contributed by atoms with Gasteiger partial charge in [-0.3, -0.25) is 14.5 Å². The molecule has 5 nitrogen and oxygen atoms in total. The number of nitrogens with zero attached hydrogens (tertiary/aromatic N) is 3. The Morgan fingerprint density at radius 2 is 1.76 bits per heavy atom. The highest BCUT2D eigenvalue weighted by molar-refractivity contribution is 9.10. The largest absolute Gasteiger partial charge is 0.284 e. The third kappa shape index (κ3) is 3.82. The maximum Gasteiger partial charge on any atom is 0.284 e. The van der Waals surface area contributed by atoms with Crippen molar-refractivity contribution in [3.05, 3.63) is 83.4 Å². The second-order valence-corrected chi connectivity index (χ2v) is 8.60. The predicted octanol–water partition coefficient (Wildman–Crippen LogP) is 5.98. The van der Waals surface area contributed by atoms with Gasteiger partial charge in [-0.05, 0) is 36.2 Å². The fourth-order valence-electron chi connectivity index (χ4n) is 3.26. The molecule has 0 spiro atoms. The summed E-state index contributed by atoms with van der Waals surface area (Å²) < 4.78 is 2.72. The van der Waals surface area contributed by atoms with Gasteiger partial charge >= 0.3 is 0 Å². The molecule has 0 aliphatic carbocycles. The Morgan fingerprint density at radius 1 is 1.10 bits per heavy atom. The summed E-state index contributed by atoms with van der Waals surface area (Å²) in [7, 11) is 0. The van der Waals surface area contributed by atoms with Gasteiger partial charge in [0.2, 0.25) is 0 Å². The van der Waals surface area contributed by atoms with Crippen LogP contribution in [-0.4, -0.2) is 19.7 Å². The van der Waals surface area contributed by atoms with Gasteiger partial charge in [0, 0.05) is 15.9 Å². The van der Waals surface area contributed by atoms with E-state index < -0.39 is 0 Å². The number of aromatic amines is 1. The van der Waals surface area contributed by atoms with E-state index in [4.69, 9.17) is 34.8 Å². The quantitative estimate of drug-likeness (QED) is 0.366. The number of halogens is 4. The molecule has 0 atom stereocenters. The number of aryl methyl sites for hydroxylation is 1. The molecule has 0 saturated heterocycles. The Morgan fingerprint density at radius 3 is 2.38 bits per heavy atom. The number of H-pyrrole nitrogens is 1. The van der Waals surface area contributed by atoms with E-state index in [-0.39, 0.29) is 5.56 Å². The van der Waals surface area contributed by atoms with Crippen molar-refractivity contribution in [2.24, 2.45) is 0 Å². The minimum Gasteiger partial charge on any atom is -0.279 e. The lowest BCUT2D eigenvalue weighted by Crippen LogP contribution is -2.19. The summed E-state index contributed by atoms with van der Waals surface area (Å²) in [6.45, 7) is 1.93. The number of nitrogens with one attached hydrogen (secondary N) is 1. The van der Waals surface area contributed by atoms with E-state index in [1.165, 1.54) is 0 Å². The molecule has 0 amide bonds. The van der Waals surface area contributed by atoms with E-state index in [9.17, 15) is 4.79 Å². The molecule has 0 saturated carbocycles. The summed E-state index contributed by atoms with van der Waals surface area (Å²) in [6, 6.07) is 11.0. The van der Waals surface area contributed by atoms with Crippen LogP contribution >= 0.6 is 50.7 Å². The first-order valence-corrected chi connectivity index (χ1v) is 10.7. The van der Waals surface area contributed by atoms with Crippen molar-refractivity contribution in [2.75, 3.05) is 0 Å². The monoisotopic (exact) mass is 510 g/mol. The number of hydrogen-bond acceptors (Lipinski definition) is 3. The molecule has 2 aromatic carbocycles. The van der Waals surface area contributed by atoms with Gasteiger partial charge in [-0.15, -0.1) is 0 Å². The molecule has 0 radical (unpaired) electrons. The lowest BCUT2D eigenvalue weighted by atomic mass is 10.1. The van der Waals surface area contributed by atoms with Crippen molar-refractivity contribution in [2.45, 2.75) is 19.8 Å². The maximum atomic E-state index is 12.8. The molecule has 0 bridgehead atoms. The molecule has 148 valence electrons. The standard InChI is InChI=1S/C20H14BrCl3N4O/c1-2-15-17-19(27-26-15)28(18-13(23)8-12(22)9-14(18)24)16(25-20(17)29)7-10-3-5-11(21)6-4-10/h3-6,8-9H,2,7H2,1H3,(H,26,27). The topological polar surface area (TPSA) is 63.6 Å². The average Bonchev–Trinajstić information content (AvgIpc) is 3.10. The molecule has 2 heterocycles. The van der Waals surface area contributed by atoms with Crippen LogP contribution in [0, 0.1) is 0 Å². The zero-order valence-corrected chi connectivity index (χ0v) is 19.0. The van der Waals surface area contributed by atoms with Crippen LogP contribution in [0.2, 0.25) is 15.1 Å². The second kappa shape index (κ2) is 8.11. The molecular weight excluding hydrogens is 499 g/mol. The zero-order chi connectivity index (χ0) is 20.7. The highest BCUT2D eigenvalue weighted by Crippen LogP contribution is 2.34. The van der Waals surface area contributed by atoms with Crippen LogP contribution in [0.4, 0.5) is 0 Å². The number of hydrogen-bond donors (Lipinski definition) is 1. The fourth-order valence-corrected chi connectivity index (χ4v) is 4.51. The Bertz CT molecular complexity index is 1260. The summed E-state index contributed by atoms with van der Waals surface area (Å²) in [5, 5.41) is 8.80. The highest BCUT2D eigenvalue weighted by Gasteiger charge is 2.21. The molecule has 4 aromatic rings. The van der Waals surface area contributed by atoms with Crippen molar-refractivity contribution in [1.29, 1.82) is 0 Å². The van der Waals surface area contributed by atoms with Gasteiger partial charge in [-0.2, -0.15) is 10.1 Å². The maximum absolute atomic E-state index is 12.8. The van der Waals surface area contributed by atoms with E-state index >= 15 is 0 Å². The predicted molar refractivity (Wildman–Crippen MR) is 121 cm³/mol. The molecule has 9 heteroatoms. The first-order chi connectivity index (χ1) is 13.9. The van der Waals surface area contributed by atoms with Gasteiger partial charge in [0.25, 0.3) is 5.56 Å². The van der Waals surface area contributed by atoms with Gasteiger partial charge in [0.15, 0.2) is 0 Å². The smallest absolute Gasteiger partial charge is 0.279 e. The van der Waals surface area contributed by atoms with Crippen molar-refractivity contribution < 1.29 is 0 Å². The van der Waals surface area contributed by atoms with E-state index in [1.54, 1.807) is 16.7 Å². The first-order valence-electron chi connectivity index (χ1n) is 8.77. The summed E-state index contributed by atoms with van der Waals surface area (Å²) in [5.41, 5.74) is 2.27. The van der Waals surface area contributed by atoms with E-state index in [0.717, 1.165) is 10.0 Å². The van der Waals surface area contributed by atoms with Crippen LogP contribution in [0.25, 0.3) is 16.7 Å². The van der Waals surface area contributed by atoms with Crippen LogP contribution in [0.1, 0.15) is 24.0 Å². The second-order valence-electron chi connectivity index (χ2n) is 6.44. The summed E-state index contributed by atoms with van der Waals surface area (Å²) in [6.07, 6.45) is 0.985. The number of aromatic nitrogens is 4. The van der Waals surface area contributed by atoms with Gasteiger partial charge in [0.1, 0.15) is 16.9 Å². The third-order valence-electron chi connectivity index (χ3n) is 4.56. The Kier molecular flexibility index (Phi) is 5.71. The van der Waals surface area contributed by atoms with Crippen molar-refractivity contribution in [1.82, 2.24) is 19.7 Å². The molecule has 29 heavy (non-hydrogen) atoms. The van der Waals surface area contributed by atoms with Crippen molar-refractivity contribution in [3.8, 4) is 5.69 Å². The van der Waals surface area contributed by atoms with Crippen LogP contribution in [0.5, 0.6) is 0 Å². The van der Waals surface area contributed by atoms with E-state index in [1.807, 2.05) is 31.2 Å². The Balaban J connectivity index is 2.04. The summed E-state index contributed by atoms with van der Waals surface area (Å²) >= 11 is 22.5. The van der Waals surface area contributed by atoms with Crippen LogP contribution in [0.15, 0.2) is 45.7 Å². The van der Waals surface area contributed by atoms with Crippen LogP contribution < -0.4 is 5.56 Å². The minimum absolute atomic E-state index is 0.338. The zero-order valence-electron chi connectivity index (χ0n) is 15.1. The molecular formula is C20H14BrCl3N4O. The van der Waals surface area contributed by atoms with Crippen molar-refractivity contribution >= 4 is 61.8 Å². The van der Waals surface area contributed by atoms with E-state index in [2.05, 4.69) is 31.1 Å². The van der Waals surface area contributed by atoms with Crippen LogP contribution in [-0.2, 0) is 12.8 Å². The molecule has 0 fully saturated rings. The average molecular weight is 513 g/mol. The Labute approximate surface area is 189 Å². The number of benzene rings is 2. The van der Waals surface area contributed by atoms with Gasteiger partial charge < -0.3 is 0 Å². The minimum atomic E-state index is -0.338. The normalized spacial score (nSPS) is 11.3. The van der Waals surface area contributed by atoms with Crippen molar-refractivity contribution in [3.63, 3.8) is 0 Å². The lowest BCUT2D eigenvalue weighted by Gasteiger charge is -2.17. The molecule has 0 aliphatic rings. The molecule has 0 aliphatic heterocycles. The third-order valence-corrected chi connectivity index (χ3v) is 5.89. The molecule has 2 aromatic heterocycles. The SMILES string of the molecule is CCc1n[nH]c2c1c(=O)nc(Cc1ccc(Br)cc1)n2-c1c(Cl)cc(Cl)cc1Cl. The highest BCUT2D eigenvalue weighted by atomic mass is 79.9. The van der Waals surface area contributed by atoms with E-state index in [0.29, 0.717) is 56.1 Å². The summed E-state index contributed by atoms with van der Waals surface area (Å²) in [4.78, 5) is 17.2. The lowest BCUT2D eigenvalue weighted by molar-refractivity contribution is 0.865. The number of fused-ring (bicyclic) bond motifs is 1. The summed E-state index contributed by atoms with van der Waals surface area (Å²) in [5.74, 6) is 0.488. The number of rotatable bonds is 4. The fraction of sp³-hybridized carbons (Fsp3) is 0.150. The molecule has 4 rings (SSSR count). The van der Waals surface area contributed by atoms with Gasteiger partial charge in [0.05, 0.1) is 21.4 Å². The molecule has 0 unspecified atom stereocenters. The van der Waals surface area contributed by atoms with Gasteiger partial charge in [-0.25, -0.2) is 0 Å². The van der Waals surface area contributed by atoms with Gasteiger partial charge in [-0.1, -0.05) is 69.8 Å². The Hall–Kier alpha value is -1.86.